The van der Waals surface area contributed by atoms with Crippen LogP contribution in [0.3, 0.4) is 0 Å². The molecule has 3 unspecified atom stereocenters. The Bertz CT molecular complexity index is 936. The largest absolute Gasteiger partial charge is 0.463 e. The zero-order valence-electron chi connectivity index (χ0n) is 19.0. The molecule has 0 radical (unpaired) electrons. The average Bonchev–Trinajstić information content (AvgIpc) is 3.34. The summed E-state index contributed by atoms with van der Waals surface area (Å²) in [6.45, 7) is 7.37. The van der Waals surface area contributed by atoms with Crippen LogP contribution in [-0.2, 0) is 11.3 Å². The molecule has 4 rings (SSSR count). The SMILES string of the molecule is CCCSCCCN1C(=O)c2cc3occc3n2CC1(C)C(=O)NC1CCCCC1C. The van der Waals surface area contributed by atoms with Gasteiger partial charge in [0.2, 0.25) is 5.91 Å². The molecular weight excluding hydrogens is 410 g/mol. The Kier molecular flexibility index (Phi) is 6.70. The fourth-order valence-electron chi connectivity index (χ4n) is 5.05. The number of nitrogens with zero attached hydrogens (tertiary/aromatic N) is 2. The number of thioether (sulfide) groups is 1. The smallest absolute Gasteiger partial charge is 0.271 e. The molecule has 1 aliphatic carbocycles. The van der Waals surface area contributed by atoms with Crippen molar-refractivity contribution < 1.29 is 14.0 Å². The number of carbonyl (C=O) groups excluding carboxylic acids is 2. The van der Waals surface area contributed by atoms with Crippen LogP contribution in [0, 0.1) is 5.92 Å². The standard InChI is InChI=1S/C24H35N3O3S/c1-4-13-31-14-7-11-27-22(28)20-15-21-19(10-12-30-21)26(20)16-24(27,3)23(29)25-18-9-6-5-8-17(18)2/h10,12,15,17-18H,4-9,11,13-14,16H2,1-3H3,(H,25,29). The van der Waals surface area contributed by atoms with E-state index in [1.54, 1.807) is 6.26 Å². The van der Waals surface area contributed by atoms with Crippen LogP contribution in [0.2, 0.25) is 0 Å². The molecule has 0 saturated heterocycles. The highest BCUT2D eigenvalue weighted by molar-refractivity contribution is 7.99. The molecule has 1 aliphatic heterocycles. The molecule has 1 fully saturated rings. The second-order valence-electron chi connectivity index (χ2n) is 9.32. The molecule has 1 saturated carbocycles. The molecule has 2 amide bonds. The topological polar surface area (TPSA) is 67.5 Å². The lowest BCUT2D eigenvalue weighted by molar-refractivity contribution is -0.134. The highest BCUT2D eigenvalue weighted by Gasteiger charge is 2.48. The third kappa shape index (κ3) is 4.26. The van der Waals surface area contributed by atoms with Gasteiger partial charge in [0.15, 0.2) is 5.58 Å². The van der Waals surface area contributed by atoms with Gasteiger partial charge < -0.3 is 19.2 Å². The lowest BCUT2D eigenvalue weighted by Gasteiger charge is -2.45. The first-order valence-electron chi connectivity index (χ1n) is 11.7. The zero-order chi connectivity index (χ0) is 22.0. The fourth-order valence-corrected chi connectivity index (χ4v) is 5.87. The first kappa shape index (κ1) is 22.3. The molecule has 1 N–H and O–H groups in total. The Morgan fingerprint density at radius 1 is 1.32 bits per heavy atom. The van der Waals surface area contributed by atoms with Gasteiger partial charge in [-0.25, -0.2) is 0 Å². The van der Waals surface area contributed by atoms with Crippen LogP contribution < -0.4 is 5.32 Å². The Morgan fingerprint density at radius 2 is 2.13 bits per heavy atom. The van der Waals surface area contributed by atoms with Gasteiger partial charge >= 0.3 is 0 Å². The van der Waals surface area contributed by atoms with Crippen LogP contribution in [0.25, 0.3) is 11.1 Å². The van der Waals surface area contributed by atoms with Crippen molar-refractivity contribution >= 4 is 34.7 Å². The van der Waals surface area contributed by atoms with Gasteiger partial charge in [0, 0.05) is 24.7 Å². The summed E-state index contributed by atoms with van der Waals surface area (Å²) in [7, 11) is 0. The van der Waals surface area contributed by atoms with Gasteiger partial charge in [-0.1, -0.05) is 26.7 Å². The maximum atomic E-state index is 13.7. The van der Waals surface area contributed by atoms with Gasteiger partial charge in [-0.15, -0.1) is 0 Å². The van der Waals surface area contributed by atoms with E-state index in [4.69, 9.17) is 4.42 Å². The number of rotatable bonds is 8. The lowest BCUT2D eigenvalue weighted by atomic mass is 9.85. The summed E-state index contributed by atoms with van der Waals surface area (Å²) in [6.07, 6.45) is 8.23. The van der Waals surface area contributed by atoms with E-state index in [0.717, 1.165) is 49.1 Å². The first-order valence-corrected chi connectivity index (χ1v) is 12.9. The Hall–Kier alpha value is -1.89. The minimum Gasteiger partial charge on any atom is -0.463 e. The number of furan rings is 1. The fraction of sp³-hybridized carbons (Fsp3) is 0.667. The van der Waals surface area contributed by atoms with Crippen LogP contribution in [0.4, 0.5) is 0 Å². The van der Waals surface area contributed by atoms with Crippen molar-refractivity contribution in [1.29, 1.82) is 0 Å². The molecule has 170 valence electrons. The number of nitrogens with one attached hydrogen (secondary N) is 1. The first-order chi connectivity index (χ1) is 15.0. The van der Waals surface area contributed by atoms with Gasteiger partial charge in [-0.05, 0) is 50.0 Å². The molecule has 0 aromatic carbocycles. The lowest BCUT2D eigenvalue weighted by Crippen LogP contribution is -2.65. The average molecular weight is 446 g/mol. The molecular formula is C24H35N3O3S. The summed E-state index contributed by atoms with van der Waals surface area (Å²) < 4.78 is 7.51. The second-order valence-corrected chi connectivity index (χ2v) is 10.5. The van der Waals surface area contributed by atoms with E-state index >= 15 is 0 Å². The quantitative estimate of drug-likeness (QED) is 0.599. The van der Waals surface area contributed by atoms with Crippen molar-refractivity contribution in [2.45, 2.75) is 77.4 Å². The van der Waals surface area contributed by atoms with E-state index < -0.39 is 5.54 Å². The monoisotopic (exact) mass is 445 g/mol. The van der Waals surface area contributed by atoms with Crippen LogP contribution >= 0.6 is 11.8 Å². The van der Waals surface area contributed by atoms with Crippen molar-refractivity contribution in [3.63, 3.8) is 0 Å². The van der Waals surface area contributed by atoms with E-state index in [1.807, 2.05) is 40.3 Å². The summed E-state index contributed by atoms with van der Waals surface area (Å²) in [5.41, 5.74) is 1.28. The van der Waals surface area contributed by atoms with Crippen molar-refractivity contribution in [3.05, 3.63) is 24.1 Å². The number of hydrogen-bond donors (Lipinski definition) is 1. The maximum absolute atomic E-state index is 13.7. The van der Waals surface area contributed by atoms with E-state index in [9.17, 15) is 9.59 Å². The highest BCUT2D eigenvalue weighted by atomic mass is 32.2. The van der Waals surface area contributed by atoms with E-state index in [1.165, 1.54) is 6.42 Å². The number of amides is 2. The molecule has 7 heteroatoms. The van der Waals surface area contributed by atoms with Crippen LogP contribution in [0.5, 0.6) is 0 Å². The number of fused-ring (bicyclic) bond motifs is 3. The number of aromatic nitrogens is 1. The summed E-state index contributed by atoms with van der Waals surface area (Å²) in [5.74, 6) is 2.49. The molecule has 3 atom stereocenters. The van der Waals surface area contributed by atoms with Gasteiger partial charge in [0.1, 0.15) is 11.2 Å². The molecule has 0 spiro atoms. The van der Waals surface area contributed by atoms with Gasteiger partial charge in [-0.3, -0.25) is 9.59 Å². The number of carbonyl (C=O) groups is 2. The van der Waals surface area contributed by atoms with Crippen molar-refractivity contribution in [1.82, 2.24) is 14.8 Å². The van der Waals surface area contributed by atoms with Crippen LogP contribution in [0.15, 0.2) is 22.8 Å². The molecule has 3 heterocycles. The van der Waals surface area contributed by atoms with Gasteiger partial charge in [-0.2, -0.15) is 11.8 Å². The summed E-state index contributed by atoms with van der Waals surface area (Å²) in [6, 6.07) is 3.89. The highest BCUT2D eigenvalue weighted by Crippen LogP contribution is 2.34. The minimum atomic E-state index is -0.917. The molecule has 0 bridgehead atoms. The van der Waals surface area contributed by atoms with E-state index in [-0.39, 0.29) is 17.9 Å². The Labute approximate surface area is 189 Å². The van der Waals surface area contributed by atoms with Crippen LogP contribution in [-0.4, -0.2) is 50.9 Å². The molecule has 31 heavy (non-hydrogen) atoms. The summed E-state index contributed by atoms with van der Waals surface area (Å²) in [4.78, 5) is 29.1. The van der Waals surface area contributed by atoms with Crippen LogP contribution in [0.1, 0.15) is 69.8 Å². The summed E-state index contributed by atoms with van der Waals surface area (Å²) >= 11 is 1.91. The van der Waals surface area contributed by atoms with Gasteiger partial charge in [0.05, 0.1) is 18.3 Å². The molecule has 6 nitrogen and oxygen atoms in total. The number of hydrogen-bond acceptors (Lipinski definition) is 4. The molecule has 2 aromatic rings. The Balaban J connectivity index is 1.60. The van der Waals surface area contributed by atoms with Crippen molar-refractivity contribution in [2.75, 3.05) is 18.1 Å². The predicted molar refractivity (Wildman–Crippen MR) is 125 cm³/mol. The summed E-state index contributed by atoms with van der Waals surface area (Å²) in [5, 5.41) is 3.33. The zero-order valence-corrected chi connectivity index (χ0v) is 19.8. The van der Waals surface area contributed by atoms with E-state index in [0.29, 0.717) is 30.3 Å². The molecule has 2 aliphatic rings. The second kappa shape index (κ2) is 9.31. The Morgan fingerprint density at radius 3 is 2.90 bits per heavy atom. The third-order valence-electron chi connectivity index (χ3n) is 6.98. The van der Waals surface area contributed by atoms with Crippen molar-refractivity contribution in [3.8, 4) is 0 Å². The molecule has 2 aromatic heterocycles. The van der Waals surface area contributed by atoms with Crippen molar-refractivity contribution in [2.24, 2.45) is 5.92 Å². The maximum Gasteiger partial charge on any atom is 0.271 e. The normalized spacial score (nSPS) is 26.3. The van der Waals surface area contributed by atoms with Gasteiger partial charge in [0.25, 0.3) is 5.91 Å². The predicted octanol–water partition coefficient (Wildman–Crippen LogP) is 4.68. The van der Waals surface area contributed by atoms with E-state index in [2.05, 4.69) is 19.2 Å². The third-order valence-corrected chi connectivity index (χ3v) is 8.26. The minimum absolute atomic E-state index is 0.0307.